The lowest BCUT2D eigenvalue weighted by Gasteiger charge is -2.33. The highest BCUT2D eigenvalue weighted by Gasteiger charge is 2.20. The number of H-pyrrole nitrogens is 1. The van der Waals surface area contributed by atoms with Crippen LogP contribution < -0.4 is 5.32 Å². The Morgan fingerprint density at radius 1 is 1.25 bits per heavy atom. The lowest BCUT2D eigenvalue weighted by Crippen LogP contribution is -2.35. The predicted molar refractivity (Wildman–Crippen MR) is 120 cm³/mol. The summed E-state index contributed by atoms with van der Waals surface area (Å²) in [6, 6.07) is 8.79. The molecule has 1 aromatic heterocycles. The lowest BCUT2D eigenvalue weighted by atomic mass is 10.0. The molecule has 0 saturated carbocycles. The van der Waals surface area contributed by atoms with Crippen molar-refractivity contribution in [1.29, 1.82) is 0 Å². The van der Waals surface area contributed by atoms with Crippen molar-refractivity contribution in [1.82, 2.24) is 15.2 Å². The van der Waals surface area contributed by atoms with Gasteiger partial charge in [-0.1, -0.05) is 50.1 Å². The molecule has 0 unspecified atom stereocenters. The molecule has 0 bridgehead atoms. The summed E-state index contributed by atoms with van der Waals surface area (Å²) in [6.45, 7) is 15.9. The predicted octanol–water partition coefficient (Wildman–Crippen LogP) is 4.95. The number of aliphatic imine (C=N–C) groups is 1. The smallest absolute Gasteiger partial charge is 0.0974 e. The summed E-state index contributed by atoms with van der Waals surface area (Å²) in [5.41, 5.74) is 4.64. The van der Waals surface area contributed by atoms with E-state index in [9.17, 15) is 0 Å². The van der Waals surface area contributed by atoms with Gasteiger partial charge in [0, 0.05) is 48.5 Å². The fourth-order valence-electron chi connectivity index (χ4n) is 3.62. The zero-order valence-corrected chi connectivity index (χ0v) is 16.7. The molecule has 1 saturated heterocycles. The van der Waals surface area contributed by atoms with Gasteiger partial charge < -0.3 is 15.2 Å². The van der Waals surface area contributed by atoms with Gasteiger partial charge in [0.05, 0.1) is 11.9 Å². The minimum atomic E-state index is 0.356. The highest BCUT2D eigenvalue weighted by atomic mass is 15.1. The molecule has 0 radical (unpaired) electrons. The van der Waals surface area contributed by atoms with Crippen LogP contribution in [0.3, 0.4) is 0 Å². The number of para-hydroxylation sites is 1. The normalized spacial score (nSPS) is 15.3. The molecule has 1 aliphatic rings. The second kappa shape index (κ2) is 9.27. The Morgan fingerprint density at radius 2 is 1.96 bits per heavy atom. The summed E-state index contributed by atoms with van der Waals surface area (Å²) in [4.78, 5) is 10.6. The van der Waals surface area contributed by atoms with Gasteiger partial charge in [-0.3, -0.25) is 4.99 Å². The summed E-state index contributed by atoms with van der Waals surface area (Å²) in [6.07, 6.45) is 10.5. The molecule has 0 amide bonds. The number of nitrogens with zero attached hydrogens (tertiary/aromatic N) is 2. The highest BCUT2D eigenvalue weighted by Crippen LogP contribution is 2.24. The van der Waals surface area contributed by atoms with Crippen LogP contribution in [0.15, 0.2) is 84.8 Å². The van der Waals surface area contributed by atoms with Gasteiger partial charge in [-0.25, -0.2) is 0 Å². The summed E-state index contributed by atoms with van der Waals surface area (Å²) in [5.74, 6) is 0.928. The average molecular weight is 375 g/mol. The van der Waals surface area contributed by atoms with Crippen LogP contribution in [0.2, 0.25) is 0 Å². The first-order valence-electron chi connectivity index (χ1n) is 9.84. The number of aromatic nitrogens is 1. The van der Waals surface area contributed by atoms with Crippen molar-refractivity contribution < 1.29 is 0 Å². The van der Waals surface area contributed by atoms with E-state index in [1.165, 1.54) is 22.2 Å². The van der Waals surface area contributed by atoms with E-state index in [0.29, 0.717) is 6.04 Å². The molecule has 0 atom stereocenters. The van der Waals surface area contributed by atoms with Crippen molar-refractivity contribution in [2.45, 2.75) is 32.2 Å². The van der Waals surface area contributed by atoms with Gasteiger partial charge in [-0.15, -0.1) is 0 Å². The number of rotatable bonds is 7. The molecule has 0 spiro atoms. The minimum absolute atomic E-state index is 0.356. The number of piperidine rings is 1. The fourth-order valence-corrected chi connectivity index (χ4v) is 3.62. The van der Waals surface area contributed by atoms with E-state index in [2.05, 4.69) is 65.4 Å². The number of amidine groups is 1. The zero-order valence-electron chi connectivity index (χ0n) is 16.7. The number of aromatic amines is 1. The number of fused-ring (bicyclic) bond motifs is 1. The van der Waals surface area contributed by atoms with E-state index >= 15 is 0 Å². The molecule has 3 rings (SSSR count). The Labute approximate surface area is 168 Å². The van der Waals surface area contributed by atoms with Crippen LogP contribution in [0, 0.1) is 0 Å². The van der Waals surface area contributed by atoms with Crippen LogP contribution in [-0.4, -0.2) is 34.9 Å². The molecule has 2 aromatic rings. The Morgan fingerprint density at radius 3 is 2.68 bits per heavy atom. The maximum atomic E-state index is 4.82. The first kappa shape index (κ1) is 19.7. The number of hydrogen-bond acceptors (Lipinski definition) is 2. The quantitative estimate of drug-likeness (QED) is 0.409. The average Bonchev–Trinajstić information content (AvgIpc) is 3.12. The van der Waals surface area contributed by atoms with Crippen molar-refractivity contribution in [3.63, 3.8) is 0 Å². The molecular formula is C24H30N4. The number of benzene rings is 1. The van der Waals surface area contributed by atoms with E-state index in [-0.39, 0.29) is 0 Å². The molecule has 4 nitrogen and oxygen atoms in total. The molecule has 1 aromatic carbocycles. The van der Waals surface area contributed by atoms with Crippen LogP contribution in [0.5, 0.6) is 0 Å². The molecule has 1 fully saturated rings. The number of likely N-dealkylation sites (tertiary alicyclic amines) is 1. The van der Waals surface area contributed by atoms with Crippen LogP contribution in [0.25, 0.3) is 10.9 Å². The van der Waals surface area contributed by atoms with Crippen LogP contribution >= 0.6 is 0 Å². The van der Waals surface area contributed by atoms with E-state index in [4.69, 9.17) is 4.99 Å². The van der Waals surface area contributed by atoms with Crippen molar-refractivity contribution >= 4 is 16.7 Å². The summed E-state index contributed by atoms with van der Waals surface area (Å²) < 4.78 is 0. The maximum absolute atomic E-state index is 4.82. The molecule has 2 heterocycles. The van der Waals surface area contributed by atoms with E-state index < -0.39 is 0 Å². The van der Waals surface area contributed by atoms with E-state index in [1.807, 2.05) is 13.1 Å². The molecule has 2 N–H and O–H groups in total. The van der Waals surface area contributed by atoms with Gasteiger partial charge >= 0.3 is 0 Å². The van der Waals surface area contributed by atoms with Crippen LogP contribution in [0.1, 0.15) is 25.3 Å². The van der Waals surface area contributed by atoms with E-state index in [0.717, 1.165) is 43.8 Å². The third-order valence-corrected chi connectivity index (χ3v) is 5.28. The van der Waals surface area contributed by atoms with Gasteiger partial charge in [0.15, 0.2) is 0 Å². The molecule has 1 aliphatic heterocycles. The monoisotopic (exact) mass is 374 g/mol. The van der Waals surface area contributed by atoms with Crippen molar-refractivity contribution in [3.05, 3.63) is 85.4 Å². The van der Waals surface area contributed by atoms with E-state index in [1.54, 1.807) is 12.2 Å². The minimum Gasteiger partial charge on any atom is -0.375 e. The summed E-state index contributed by atoms with van der Waals surface area (Å²) in [5, 5.41) is 4.51. The largest absolute Gasteiger partial charge is 0.375 e. The van der Waals surface area contributed by atoms with Crippen molar-refractivity contribution in [3.8, 4) is 0 Å². The van der Waals surface area contributed by atoms with Gasteiger partial charge in [0.25, 0.3) is 0 Å². The second-order valence-corrected chi connectivity index (χ2v) is 7.23. The maximum Gasteiger partial charge on any atom is 0.0974 e. The lowest BCUT2D eigenvalue weighted by molar-refractivity contribution is 0.261. The molecular weight excluding hydrogens is 344 g/mol. The molecule has 0 aliphatic carbocycles. The highest BCUT2D eigenvalue weighted by molar-refractivity contribution is 5.83. The summed E-state index contributed by atoms with van der Waals surface area (Å²) in [7, 11) is 0. The topological polar surface area (TPSA) is 43.4 Å². The molecule has 28 heavy (non-hydrogen) atoms. The first-order chi connectivity index (χ1) is 13.6. The van der Waals surface area contributed by atoms with Gasteiger partial charge in [0.1, 0.15) is 0 Å². The summed E-state index contributed by atoms with van der Waals surface area (Å²) >= 11 is 0. The van der Waals surface area contributed by atoms with Gasteiger partial charge in [-0.05, 0) is 37.0 Å². The Bertz CT molecular complexity index is 898. The van der Waals surface area contributed by atoms with Gasteiger partial charge in [0.2, 0.25) is 0 Å². The Balaban J connectivity index is 1.52. The molecule has 146 valence electrons. The Hall–Kier alpha value is -3.01. The fraction of sp³-hybridized carbons (Fsp3) is 0.292. The van der Waals surface area contributed by atoms with Crippen LogP contribution in [-0.2, 0) is 6.42 Å². The SMILES string of the molecule is C=CC(C=C)=CNC(C)=NC1CCN(C(=C)Cc2c[nH]c3ccccc23)CC1. The number of hydrogen-bond donors (Lipinski definition) is 2. The second-order valence-electron chi connectivity index (χ2n) is 7.23. The Kier molecular flexibility index (Phi) is 6.53. The number of allylic oxidation sites excluding steroid dienone is 4. The first-order valence-corrected chi connectivity index (χ1v) is 9.84. The third-order valence-electron chi connectivity index (χ3n) is 5.28. The van der Waals surface area contributed by atoms with Crippen LogP contribution in [0.4, 0.5) is 0 Å². The zero-order chi connectivity index (χ0) is 19.9. The number of nitrogens with one attached hydrogen (secondary N) is 2. The van der Waals surface area contributed by atoms with Gasteiger partial charge in [-0.2, -0.15) is 0 Å². The van der Waals surface area contributed by atoms with Crippen molar-refractivity contribution in [2.24, 2.45) is 4.99 Å². The standard InChI is InChI=1S/C24H30N4/c1-5-20(6-2)16-25-19(4)27-22-11-13-28(14-12-22)18(3)15-21-17-26-24-10-8-7-9-23(21)24/h5-10,16-17,22,26H,1-3,11-15H2,4H3,(H,25,27). The molecule has 4 heteroatoms. The third kappa shape index (κ3) is 4.83. The van der Waals surface area contributed by atoms with Crippen molar-refractivity contribution in [2.75, 3.05) is 13.1 Å².